The van der Waals surface area contributed by atoms with Crippen LogP contribution in [0.15, 0.2) is 48.5 Å². The molecule has 0 amide bonds. The quantitative estimate of drug-likeness (QED) is 0.618. The lowest BCUT2D eigenvalue weighted by Gasteiger charge is -2.62. The van der Waals surface area contributed by atoms with Crippen LogP contribution in [0.4, 0.5) is 0 Å². The van der Waals surface area contributed by atoms with E-state index in [2.05, 4.69) is 0 Å². The average Bonchev–Trinajstić information content (AvgIpc) is 2.68. The predicted molar refractivity (Wildman–Crippen MR) is 106 cm³/mol. The fraction of sp³-hybridized carbons (Fsp3) is 0.455. The topological polar surface area (TPSA) is 36.9 Å². The highest BCUT2D eigenvalue weighted by Gasteiger charge is 2.66. The Balaban J connectivity index is 1.22. The molecule has 3 fully saturated rings. The molecular weight excluding hydrogens is 399 g/mol. The van der Waals surface area contributed by atoms with Crippen LogP contribution < -0.4 is 0 Å². The van der Waals surface area contributed by atoms with Gasteiger partial charge in [-0.15, -0.1) is 0 Å². The van der Waals surface area contributed by atoms with Gasteiger partial charge in [-0.25, -0.2) is 0 Å². The summed E-state index contributed by atoms with van der Waals surface area (Å²) in [4.78, 5) is 0. The van der Waals surface area contributed by atoms with Crippen LogP contribution >= 0.6 is 23.2 Å². The summed E-state index contributed by atoms with van der Waals surface area (Å²) in [6.45, 7) is 0.949. The van der Waals surface area contributed by atoms with E-state index in [0.29, 0.717) is 13.2 Å². The molecule has 0 aromatic heterocycles. The van der Waals surface area contributed by atoms with Gasteiger partial charge in [0.2, 0.25) is 0 Å². The summed E-state index contributed by atoms with van der Waals surface area (Å²) >= 11 is 11.9. The van der Waals surface area contributed by atoms with Gasteiger partial charge in [-0.3, -0.25) is 0 Å². The SMILES string of the molecule is Clc1ccc(CO[C@@]23CC[C@@H]2O[C@@]2(OCc4ccc(Cl)cc4)CC[C@H]2O3)cc1. The second kappa shape index (κ2) is 7.28. The van der Waals surface area contributed by atoms with E-state index >= 15 is 0 Å². The molecule has 1 heterocycles. The number of benzene rings is 2. The minimum Gasteiger partial charge on any atom is -0.343 e. The van der Waals surface area contributed by atoms with Crippen molar-refractivity contribution in [1.82, 2.24) is 0 Å². The van der Waals surface area contributed by atoms with Crippen LogP contribution in [0.5, 0.6) is 0 Å². The second-order valence-electron chi connectivity index (χ2n) is 7.74. The van der Waals surface area contributed by atoms with Crippen molar-refractivity contribution in [3.8, 4) is 0 Å². The fourth-order valence-corrected chi connectivity index (χ4v) is 4.27. The Morgan fingerprint density at radius 1 is 0.714 bits per heavy atom. The normalized spacial score (nSPS) is 33.4. The van der Waals surface area contributed by atoms with Gasteiger partial charge < -0.3 is 18.9 Å². The van der Waals surface area contributed by atoms with Crippen LogP contribution in [0.1, 0.15) is 36.8 Å². The number of rotatable bonds is 6. The first-order chi connectivity index (χ1) is 13.6. The number of fused-ring (bicyclic) bond motifs is 2. The molecule has 5 rings (SSSR count). The van der Waals surface area contributed by atoms with E-state index in [1.807, 2.05) is 48.5 Å². The van der Waals surface area contributed by atoms with Crippen molar-refractivity contribution in [2.45, 2.75) is 62.7 Å². The summed E-state index contributed by atoms with van der Waals surface area (Å²) in [6.07, 6.45) is 3.33. The van der Waals surface area contributed by atoms with Crippen molar-refractivity contribution in [1.29, 1.82) is 0 Å². The molecule has 3 aliphatic rings. The molecule has 0 unspecified atom stereocenters. The van der Waals surface area contributed by atoms with E-state index in [1.54, 1.807) is 0 Å². The molecule has 4 atom stereocenters. The molecule has 28 heavy (non-hydrogen) atoms. The monoisotopic (exact) mass is 420 g/mol. The minimum atomic E-state index is -0.655. The first kappa shape index (κ1) is 18.9. The summed E-state index contributed by atoms with van der Waals surface area (Å²) in [7, 11) is 0. The zero-order chi connectivity index (χ0) is 19.2. The molecule has 6 heteroatoms. The highest BCUT2D eigenvalue weighted by atomic mass is 35.5. The van der Waals surface area contributed by atoms with Crippen LogP contribution in [-0.4, -0.2) is 23.8 Å². The largest absolute Gasteiger partial charge is 0.343 e. The van der Waals surface area contributed by atoms with Gasteiger partial charge in [-0.1, -0.05) is 47.5 Å². The van der Waals surface area contributed by atoms with E-state index < -0.39 is 11.6 Å². The van der Waals surface area contributed by atoms with Crippen molar-refractivity contribution < 1.29 is 18.9 Å². The fourth-order valence-electron chi connectivity index (χ4n) is 4.01. The zero-order valence-electron chi connectivity index (χ0n) is 15.4. The molecule has 2 aromatic carbocycles. The van der Waals surface area contributed by atoms with Gasteiger partial charge in [0.05, 0.1) is 13.2 Å². The third-order valence-electron chi connectivity index (χ3n) is 5.97. The molecule has 4 nitrogen and oxygen atoms in total. The summed E-state index contributed by atoms with van der Waals surface area (Å²) in [5.74, 6) is -1.31. The Hall–Kier alpha value is -1.14. The van der Waals surface area contributed by atoms with Crippen molar-refractivity contribution in [3.05, 3.63) is 69.7 Å². The van der Waals surface area contributed by atoms with E-state index in [4.69, 9.17) is 42.1 Å². The Morgan fingerprint density at radius 3 is 1.43 bits per heavy atom. The highest BCUT2D eigenvalue weighted by molar-refractivity contribution is 6.30. The van der Waals surface area contributed by atoms with Gasteiger partial charge in [-0.05, 0) is 48.2 Å². The molecule has 0 spiro atoms. The number of ether oxygens (including phenoxy) is 4. The van der Waals surface area contributed by atoms with Crippen LogP contribution in [-0.2, 0) is 32.2 Å². The smallest absolute Gasteiger partial charge is 0.195 e. The first-order valence-corrected chi connectivity index (χ1v) is 10.4. The molecule has 2 aliphatic carbocycles. The molecule has 0 radical (unpaired) electrons. The number of halogens is 2. The summed E-state index contributed by atoms with van der Waals surface area (Å²) < 4.78 is 25.2. The van der Waals surface area contributed by atoms with Crippen LogP contribution in [0.25, 0.3) is 0 Å². The van der Waals surface area contributed by atoms with E-state index in [1.165, 1.54) is 0 Å². The van der Waals surface area contributed by atoms with Crippen molar-refractivity contribution in [2.75, 3.05) is 0 Å². The summed E-state index contributed by atoms with van der Waals surface area (Å²) in [5.41, 5.74) is 2.13. The molecular formula is C22H22Cl2O4. The van der Waals surface area contributed by atoms with E-state index in [-0.39, 0.29) is 12.2 Å². The lowest BCUT2D eigenvalue weighted by molar-refractivity contribution is -0.494. The highest BCUT2D eigenvalue weighted by Crippen LogP contribution is 2.55. The third kappa shape index (κ3) is 3.36. The van der Waals surface area contributed by atoms with Gasteiger partial charge >= 0.3 is 0 Å². The van der Waals surface area contributed by atoms with E-state index in [0.717, 1.165) is 46.9 Å². The Bertz CT molecular complexity index is 769. The van der Waals surface area contributed by atoms with Gasteiger partial charge in [0.15, 0.2) is 11.6 Å². The maximum absolute atomic E-state index is 6.41. The van der Waals surface area contributed by atoms with Gasteiger partial charge in [0.25, 0.3) is 0 Å². The molecule has 0 N–H and O–H groups in total. The second-order valence-corrected chi connectivity index (χ2v) is 8.62. The lowest BCUT2D eigenvalue weighted by atomic mass is 9.78. The molecule has 1 aliphatic heterocycles. The Morgan fingerprint density at radius 2 is 1.11 bits per heavy atom. The summed E-state index contributed by atoms with van der Waals surface area (Å²) in [5, 5.41) is 1.44. The molecule has 2 saturated carbocycles. The van der Waals surface area contributed by atoms with Gasteiger partial charge in [-0.2, -0.15) is 0 Å². The zero-order valence-corrected chi connectivity index (χ0v) is 16.9. The number of hydrogen-bond donors (Lipinski definition) is 0. The standard InChI is InChI=1S/C22H22Cl2O4/c23-17-5-1-15(2-6-17)13-25-21-11-9-19(21)28-22(12-10-20(22)27-21)26-14-16-3-7-18(24)8-4-16/h1-8,19-20H,9-14H2/t19-,20+,21+,22-. The molecule has 1 saturated heterocycles. The van der Waals surface area contributed by atoms with E-state index in [9.17, 15) is 0 Å². The van der Waals surface area contributed by atoms with Crippen LogP contribution in [0.3, 0.4) is 0 Å². The van der Waals surface area contributed by atoms with Crippen LogP contribution in [0.2, 0.25) is 10.0 Å². The predicted octanol–water partition coefficient (Wildman–Crippen LogP) is 5.49. The Labute approximate surface area is 174 Å². The number of hydrogen-bond acceptors (Lipinski definition) is 4. The average molecular weight is 421 g/mol. The third-order valence-corrected chi connectivity index (χ3v) is 6.47. The van der Waals surface area contributed by atoms with Gasteiger partial charge in [0.1, 0.15) is 12.2 Å². The van der Waals surface area contributed by atoms with Crippen molar-refractivity contribution >= 4 is 23.2 Å². The molecule has 2 aromatic rings. The van der Waals surface area contributed by atoms with Gasteiger partial charge in [0, 0.05) is 22.9 Å². The molecule has 148 valence electrons. The van der Waals surface area contributed by atoms with Crippen molar-refractivity contribution in [2.24, 2.45) is 0 Å². The maximum atomic E-state index is 6.41. The molecule has 0 bridgehead atoms. The lowest BCUT2D eigenvalue weighted by Crippen LogP contribution is -2.73. The Kier molecular flexibility index (Phi) is 4.90. The first-order valence-electron chi connectivity index (χ1n) is 9.69. The maximum Gasteiger partial charge on any atom is 0.195 e. The van der Waals surface area contributed by atoms with Crippen molar-refractivity contribution in [3.63, 3.8) is 0 Å². The minimum absolute atomic E-state index is 0.0958. The van der Waals surface area contributed by atoms with Crippen LogP contribution in [0, 0.1) is 0 Å². The summed E-state index contributed by atoms with van der Waals surface area (Å²) in [6, 6.07) is 15.4.